The van der Waals surface area contributed by atoms with E-state index in [1.165, 1.54) is 0 Å². The van der Waals surface area contributed by atoms with E-state index in [2.05, 4.69) is 24.0 Å². The highest BCUT2D eigenvalue weighted by Crippen LogP contribution is 2.31. The van der Waals surface area contributed by atoms with Crippen LogP contribution in [0.4, 0.5) is 0 Å². The molecule has 0 aliphatic carbocycles. The maximum atomic E-state index is 6.15. The van der Waals surface area contributed by atoms with Gasteiger partial charge in [0.25, 0.3) is 0 Å². The number of halogens is 2. The number of aromatic nitrogens is 3. The average Bonchev–Trinajstić information content (AvgIpc) is 2.70. The van der Waals surface area contributed by atoms with Crippen molar-refractivity contribution >= 4 is 35.0 Å². The van der Waals surface area contributed by atoms with E-state index in [0.29, 0.717) is 21.7 Å². The molecule has 0 atom stereocenters. The Kier molecular flexibility index (Phi) is 4.76. The predicted molar refractivity (Wildman–Crippen MR) is 81.1 cm³/mol. The first-order valence-corrected chi connectivity index (χ1v) is 7.69. The van der Waals surface area contributed by atoms with Crippen molar-refractivity contribution in [1.82, 2.24) is 14.8 Å². The van der Waals surface area contributed by atoms with Gasteiger partial charge in [0, 0.05) is 28.8 Å². The number of rotatable bonds is 4. The molecule has 0 N–H and O–H groups in total. The molecule has 0 spiro atoms. The molecule has 2 rings (SSSR count). The van der Waals surface area contributed by atoms with Gasteiger partial charge in [0.2, 0.25) is 0 Å². The Labute approximate surface area is 127 Å². The van der Waals surface area contributed by atoms with E-state index in [9.17, 15) is 0 Å². The third-order valence-corrected chi connectivity index (χ3v) is 4.55. The third kappa shape index (κ3) is 3.25. The number of hydrogen-bond acceptors (Lipinski definition) is 3. The molecule has 6 heteroatoms. The van der Waals surface area contributed by atoms with Crippen LogP contribution in [0, 0.1) is 0 Å². The van der Waals surface area contributed by atoms with Crippen LogP contribution in [0.25, 0.3) is 0 Å². The quantitative estimate of drug-likeness (QED) is 0.776. The van der Waals surface area contributed by atoms with Crippen LogP contribution >= 0.6 is 35.0 Å². The van der Waals surface area contributed by atoms with Crippen molar-refractivity contribution in [2.75, 3.05) is 0 Å². The van der Waals surface area contributed by atoms with E-state index >= 15 is 0 Å². The second-order valence-electron chi connectivity index (χ2n) is 4.54. The number of thioether (sulfide) groups is 1. The molecule has 0 saturated carbocycles. The Bertz CT molecular complexity index is 561. The van der Waals surface area contributed by atoms with Gasteiger partial charge in [-0.25, -0.2) is 0 Å². The summed E-state index contributed by atoms with van der Waals surface area (Å²) in [5, 5.41) is 10.6. The SMILES string of the molecule is CC(C)c1nnc(SCc2c(Cl)cccc2Cl)n1C. The van der Waals surface area contributed by atoms with Crippen LogP contribution in [0.2, 0.25) is 10.0 Å². The van der Waals surface area contributed by atoms with Crippen LogP contribution in [0.1, 0.15) is 31.2 Å². The lowest BCUT2D eigenvalue weighted by atomic mass is 10.2. The van der Waals surface area contributed by atoms with E-state index < -0.39 is 0 Å². The highest BCUT2D eigenvalue weighted by Gasteiger charge is 2.13. The molecule has 0 unspecified atom stereocenters. The molecule has 19 heavy (non-hydrogen) atoms. The summed E-state index contributed by atoms with van der Waals surface area (Å²) < 4.78 is 2.01. The first-order valence-electron chi connectivity index (χ1n) is 5.95. The van der Waals surface area contributed by atoms with Crippen molar-refractivity contribution in [3.05, 3.63) is 39.6 Å². The molecule has 3 nitrogen and oxygen atoms in total. The Morgan fingerprint density at radius 3 is 2.37 bits per heavy atom. The molecule has 0 aliphatic heterocycles. The van der Waals surface area contributed by atoms with Gasteiger partial charge in [-0.3, -0.25) is 0 Å². The van der Waals surface area contributed by atoms with Crippen molar-refractivity contribution < 1.29 is 0 Å². The zero-order valence-electron chi connectivity index (χ0n) is 11.0. The summed E-state index contributed by atoms with van der Waals surface area (Å²) in [6, 6.07) is 5.54. The topological polar surface area (TPSA) is 30.7 Å². The smallest absolute Gasteiger partial charge is 0.191 e. The monoisotopic (exact) mass is 315 g/mol. The van der Waals surface area contributed by atoms with E-state index in [-0.39, 0.29) is 0 Å². The Morgan fingerprint density at radius 2 is 1.84 bits per heavy atom. The Balaban J connectivity index is 2.15. The summed E-state index contributed by atoms with van der Waals surface area (Å²) in [7, 11) is 1.98. The van der Waals surface area contributed by atoms with Gasteiger partial charge < -0.3 is 4.57 Å². The van der Waals surface area contributed by atoms with Crippen molar-refractivity contribution in [3.63, 3.8) is 0 Å². The van der Waals surface area contributed by atoms with Gasteiger partial charge in [0.05, 0.1) is 0 Å². The summed E-state index contributed by atoms with van der Waals surface area (Å²) in [5.74, 6) is 2.02. The summed E-state index contributed by atoms with van der Waals surface area (Å²) in [4.78, 5) is 0. The van der Waals surface area contributed by atoms with Crippen LogP contribution in [0.5, 0.6) is 0 Å². The minimum Gasteiger partial charge on any atom is -0.309 e. The van der Waals surface area contributed by atoms with E-state index in [1.807, 2.05) is 29.8 Å². The molecule has 102 valence electrons. The molecule has 0 aliphatic rings. The lowest BCUT2D eigenvalue weighted by Crippen LogP contribution is -2.01. The van der Waals surface area contributed by atoms with Crippen LogP contribution in [0.3, 0.4) is 0 Å². The highest BCUT2D eigenvalue weighted by atomic mass is 35.5. The number of hydrogen-bond donors (Lipinski definition) is 0. The van der Waals surface area contributed by atoms with E-state index in [4.69, 9.17) is 23.2 Å². The highest BCUT2D eigenvalue weighted by molar-refractivity contribution is 7.98. The molecule has 0 bridgehead atoms. The Hall–Kier alpha value is -0.710. The second kappa shape index (κ2) is 6.16. The summed E-state index contributed by atoms with van der Waals surface area (Å²) in [5.41, 5.74) is 0.935. The first kappa shape index (κ1) is 14.7. The van der Waals surface area contributed by atoms with Gasteiger partial charge in [0.15, 0.2) is 5.16 Å². The summed E-state index contributed by atoms with van der Waals surface area (Å²) in [6.45, 7) is 4.20. The molecule has 0 fully saturated rings. The van der Waals surface area contributed by atoms with Gasteiger partial charge in [-0.15, -0.1) is 10.2 Å². The van der Waals surface area contributed by atoms with Gasteiger partial charge in [-0.2, -0.15) is 0 Å². The molecule has 2 aromatic rings. The average molecular weight is 316 g/mol. The Morgan fingerprint density at radius 1 is 1.21 bits per heavy atom. The lowest BCUT2D eigenvalue weighted by Gasteiger charge is -2.07. The van der Waals surface area contributed by atoms with E-state index in [0.717, 1.165) is 16.5 Å². The molecule has 0 radical (unpaired) electrons. The van der Waals surface area contributed by atoms with Crippen LogP contribution in [0.15, 0.2) is 23.4 Å². The van der Waals surface area contributed by atoms with Crippen LogP contribution in [-0.2, 0) is 12.8 Å². The number of nitrogens with zero attached hydrogens (tertiary/aromatic N) is 3. The molecule has 1 aromatic heterocycles. The van der Waals surface area contributed by atoms with Crippen molar-refractivity contribution in [1.29, 1.82) is 0 Å². The maximum absolute atomic E-state index is 6.15. The summed E-state index contributed by atoms with van der Waals surface area (Å²) >= 11 is 13.9. The zero-order valence-corrected chi connectivity index (χ0v) is 13.4. The lowest BCUT2D eigenvalue weighted by molar-refractivity contribution is 0.680. The van der Waals surface area contributed by atoms with Crippen LogP contribution in [-0.4, -0.2) is 14.8 Å². The van der Waals surface area contributed by atoms with Crippen LogP contribution < -0.4 is 0 Å². The third-order valence-electron chi connectivity index (χ3n) is 2.79. The summed E-state index contributed by atoms with van der Waals surface area (Å²) in [6.07, 6.45) is 0. The fourth-order valence-electron chi connectivity index (χ4n) is 1.76. The van der Waals surface area contributed by atoms with Crippen molar-refractivity contribution in [2.45, 2.75) is 30.7 Å². The van der Waals surface area contributed by atoms with Gasteiger partial charge in [-0.1, -0.05) is 54.9 Å². The zero-order chi connectivity index (χ0) is 14.0. The molecular formula is C13H15Cl2N3S. The van der Waals surface area contributed by atoms with Gasteiger partial charge in [0.1, 0.15) is 5.82 Å². The first-order chi connectivity index (χ1) is 9.00. The molecule has 0 amide bonds. The molecular weight excluding hydrogens is 301 g/mol. The molecule has 1 aromatic carbocycles. The molecule has 0 saturated heterocycles. The number of benzene rings is 1. The predicted octanol–water partition coefficient (Wildman–Crippen LogP) is 4.54. The van der Waals surface area contributed by atoms with Gasteiger partial charge >= 0.3 is 0 Å². The minimum atomic E-state index is 0.357. The fourth-order valence-corrected chi connectivity index (χ4v) is 3.42. The van der Waals surface area contributed by atoms with Crippen molar-refractivity contribution in [2.24, 2.45) is 7.05 Å². The normalized spacial score (nSPS) is 11.3. The van der Waals surface area contributed by atoms with Gasteiger partial charge in [-0.05, 0) is 17.7 Å². The largest absolute Gasteiger partial charge is 0.309 e. The maximum Gasteiger partial charge on any atom is 0.191 e. The van der Waals surface area contributed by atoms with Crippen molar-refractivity contribution in [3.8, 4) is 0 Å². The fraction of sp³-hybridized carbons (Fsp3) is 0.385. The second-order valence-corrected chi connectivity index (χ2v) is 6.30. The van der Waals surface area contributed by atoms with E-state index in [1.54, 1.807) is 11.8 Å². The minimum absolute atomic E-state index is 0.357. The molecule has 1 heterocycles. The standard InChI is InChI=1S/C13H15Cl2N3S/c1-8(2)12-16-17-13(18(12)3)19-7-9-10(14)5-4-6-11(9)15/h4-6,8H,7H2,1-3H3.